The summed E-state index contributed by atoms with van der Waals surface area (Å²) >= 11 is 1.48. The molecule has 0 aromatic carbocycles. The van der Waals surface area contributed by atoms with Crippen LogP contribution in [-0.2, 0) is 20.7 Å². The molecule has 1 heterocycles. The second kappa shape index (κ2) is 4.09. The van der Waals surface area contributed by atoms with Crippen molar-refractivity contribution >= 4 is 29.4 Å². The molecule has 0 bridgehead atoms. The highest BCUT2D eigenvalue weighted by Crippen LogP contribution is 2.32. The lowest BCUT2D eigenvalue weighted by molar-refractivity contribution is -0.146. The number of carboxylic acid groups (broad SMARTS) is 1. The Morgan fingerprint density at radius 3 is 2.94 bits per heavy atom. The molecule has 4 nitrogen and oxygen atoms in total. The summed E-state index contributed by atoms with van der Waals surface area (Å²) in [5.41, 5.74) is 1.12. The van der Waals surface area contributed by atoms with E-state index in [1.165, 1.54) is 18.4 Å². The molecule has 16 heavy (non-hydrogen) atoms. The smallest absolute Gasteiger partial charge is 0.332 e. The first kappa shape index (κ1) is 10.9. The summed E-state index contributed by atoms with van der Waals surface area (Å²) in [6.45, 7) is 0. The van der Waals surface area contributed by atoms with Crippen LogP contribution in [-0.4, -0.2) is 24.2 Å². The summed E-state index contributed by atoms with van der Waals surface area (Å²) in [4.78, 5) is 23.5. The number of aliphatic carboxylic acids is 1. The maximum atomic E-state index is 11.5. The van der Waals surface area contributed by atoms with E-state index in [2.05, 4.69) is 4.74 Å². The van der Waals surface area contributed by atoms with Gasteiger partial charge in [-0.1, -0.05) is 0 Å². The molecule has 1 aromatic heterocycles. The van der Waals surface area contributed by atoms with Crippen molar-refractivity contribution in [1.29, 1.82) is 0 Å². The minimum atomic E-state index is -1.06. The average molecular weight is 238 g/mol. The zero-order chi connectivity index (χ0) is 11.7. The Balaban J connectivity index is 2.42. The van der Waals surface area contributed by atoms with Crippen LogP contribution in [0.4, 0.5) is 0 Å². The molecule has 0 saturated carbocycles. The first-order valence-corrected chi connectivity index (χ1v) is 5.60. The number of carboxylic acids is 1. The summed E-state index contributed by atoms with van der Waals surface area (Å²) in [6, 6.07) is 1.91. The number of rotatable bonds is 2. The van der Waals surface area contributed by atoms with E-state index in [0.717, 1.165) is 10.4 Å². The van der Waals surface area contributed by atoms with Crippen LogP contribution in [0.5, 0.6) is 0 Å². The molecular weight excluding hydrogens is 228 g/mol. The molecule has 1 N–H and O–H groups in total. The number of thiophene rings is 1. The number of hydrogen-bond acceptors (Lipinski definition) is 4. The van der Waals surface area contributed by atoms with E-state index in [4.69, 9.17) is 5.11 Å². The summed E-state index contributed by atoms with van der Waals surface area (Å²) in [6.07, 6.45) is 1.97. The highest BCUT2D eigenvalue weighted by molar-refractivity contribution is 7.11. The summed E-state index contributed by atoms with van der Waals surface area (Å²) < 4.78 is 4.62. The van der Waals surface area contributed by atoms with Crippen LogP contribution in [0.3, 0.4) is 0 Å². The van der Waals surface area contributed by atoms with Gasteiger partial charge in [0.1, 0.15) is 0 Å². The molecule has 0 amide bonds. The van der Waals surface area contributed by atoms with Crippen LogP contribution in [0, 0.1) is 5.92 Å². The van der Waals surface area contributed by atoms with E-state index in [9.17, 15) is 9.59 Å². The van der Waals surface area contributed by atoms with Gasteiger partial charge >= 0.3 is 11.9 Å². The number of carbonyl (C=O) groups is 2. The maximum absolute atomic E-state index is 11.5. The van der Waals surface area contributed by atoms with Crippen LogP contribution >= 0.6 is 11.3 Å². The SMILES string of the molecule is COC(=O)C1Cc2ccsc2C=C1C(=O)O. The van der Waals surface area contributed by atoms with Crippen molar-refractivity contribution in [2.45, 2.75) is 6.42 Å². The second-order valence-electron chi connectivity index (χ2n) is 3.49. The minimum absolute atomic E-state index is 0.113. The third kappa shape index (κ3) is 1.74. The molecule has 1 unspecified atom stereocenters. The fraction of sp³-hybridized carbons (Fsp3) is 0.273. The summed E-state index contributed by atoms with van der Waals surface area (Å²) in [5.74, 6) is -2.25. The van der Waals surface area contributed by atoms with E-state index in [1.807, 2.05) is 11.4 Å². The number of ether oxygens (including phenoxy) is 1. The van der Waals surface area contributed by atoms with Crippen molar-refractivity contribution in [3.8, 4) is 0 Å². The molecule has 0 aliphatic heterocycles. The van der Waals surface area contributed by atoms with Crippen LogP contribution in [0.15, 0.2) is 17.0 Å². The first-order valence-electron chi connectivity index (χ1n) is 4.72. The third-order valence-corrected chi connectivity index (χ3v) is 3.51. The highest BCUT2D eigenvalue weighted by atomic mass is 32.1. The van der Waals surface area contributed by atoms with Gasteiger partial charge < -0.3 is 9.84 Å². The van der Waals surface area contributed by atoms with Crippen LogP contribution in [0.1, 0.15) is 10.4 Å². The first-order chi connectivity index (χ1) is 7.63. The van der Waals surface area contributed by atoms with Crippen LogP contribution in [0.25, 0.3) is 6.08 Å². The Bertz CT molecular complexity index is 472. The molecule has 2 rings (SSSR count). The Hall–Kier alpha value is -1.62. The fourth-order valence-electron chi connectivity index (χ4n) is 1.78. The largest absolute Gasteiger partial charge is 0.478 e. The number of fused-ring (bicyclic) bond motifs is 1. The molecule has 84 valence electrons. The third-order valence-electron chi connectivity index (χ3n) is 2.60. The monoisotopic (exact) mass is 238 g/mol. The normalized spacial score (nSPS) is 18.6. The molecule has 1 aliphatic carbocycles. The molecule has 0 fully saturated rings. The number of carbonyl (C=O) groups excluding carboxylic acids is 1. The van der Waals surface area contributed by atoms with Crippen molar-refractivity contribution in [3.63, 3.8) is 0 Å². The lowest BCUT2D eigenvalue weighted by atomic mass is 9.87. The molecular formula is C11H10O4S. The van der Waals surface area contributed by atoms with Gasteiger partial charge in [0.2, 0.25) is 0 Å². The van der Waals surface area contributed by atoms with E-state index >= 15 is 0 Å². The number of methoxy groups -OCH3 is 1. The van der Waals surface area contributed by atoms with Gasteiger partial charge in [0.05, 0.1) is 18.6 Å². The van der Waals surface area contributed by atoms with Crippen molar-refractivity contribution < 1.29 is 19.4 Å². The van der Waals surface area contributed by atoms with Crippen molar-refractivity contribution in [2.75, 3.05) is 7.11 Å². The molecule has 0 saturated heterocycles. The van der Waals surface area contributed by atoms with Gasteiger partial charge in [0.25, 0.3) is 0 Å². The lowest BCUT2D eigenvalue weighted by Crippen LogP contribution is -2.26. The van der Waals surface area contributed by atoms with Gasteiger partial charge in [-0.3, -0.25) is 4.79 Å². The topological polar surface area (TPSA) is 63.6 Å². The predicted molar refractivity (Wildman–Crippen MR) is 59.1 cm³/mol. The van der Waals surface area contributed by atoms with E-state index in [-0.39, 0.29) is 5.57 Å². The molecule has 1 aromatic rings. The standard InChI is InChI=1S/C11H10O4S/c1-15-11(14)8-4-6-2-3-16-9(6)5-7(8)10(12)13/h2-3,5,8H,4H2,1H3,(H,12,13). The molecule has 5 heteroatoms. The van der Waals surface area contributed by atoms with Gasteiger partial charge in [-0.25, -0.2) is 4.79 Å². The number of esters is 1. The van der Waals surface area contributed by atoms with Gasteiger partial charge in [-0.15, -0.1) is 11.3 Å². The van der Waals surface area contributed by atoms with Gasteiger partial charge in [0, 0.05) is 4.88 Å². The fourth-order valence-corrected chi connectivity index (χ4v) is 2.65. The van der Waals surface area contributed by atoms with E-state index in [1.54, 1.807) is 6.08 Å². The quantitative estimate of drug-likeness (QED) is 0.794. The highest BCUT2D eigenvalue weighted by Gasteiger charge is 2.32. The zero-order valence-corrected chi connectivity index (χ0v) is 9.41. The van der Waals surface area contributed by atoms with Gasteiger partial charge in [0.15, 0.2) is 0 Å². The maximum Gasteiger partial charge on any atom is 0.332 e. The Morgan fingerprint density at radius 1 is 1.56 bits per heavy atom. The zero-order valence-electron chi connectivity index (χ0n) is 8.60. The average Bonchev–Trinajstić information content (AvgIpc) is 2.73. The van der Waals surface area contributed by atoms with Crippen molar-refractivity contribution in [2.24, 2.45) is 5.92 Å². The number of hydrogen-bond donors (Lipinski definition) is 1. The Kier molecular flexibility index (Phi) is 2.78. The van der Waals surface area contributed by atoms with Crippen LogP contribution in [0.2, 0.25) is 0 Å². The molecule has 1 atom stereocenters. The lowest BCUT2D eigenvalue weighted by Gasteiger charge is -2.19. The van der Waals surface area contributed by atoms with Crippen molar-refractivity contribution in [1.82, 2.24) is 0 Å². The van der Waals surface area contributed by atoms with Crippen molar-refractivity contribution in [3.05, 3.63) is 27.5 Å². The molecule has 1 aliphatic rings. The predicted octanol–water partition coefficient (Wildman–Crippen LogP) is 1.56. The van der Waals surface area contributed by atoms with Crippen LogP contribution < -0.4 is 0 Å². The molecule has 0 spiro atoms. The summed E-state index contributed by atoms with van der Waals surface area (Å²) in [7, 11) is 1.27. The van der Waals surface area contributed by atoms with Gasteiger partial charge in [-0.2, -0.15) is 0 Å². The molecule has 0 radical (unpaired) electrons. The Labute approximate surface area is 96.2 Å². The summed E-state index contributed by atoms with van der Waals surface area (Å²) in [5, 5.41) is 10.9. The Morgan fingerprint density at radius 2 is 2.31 bits per heavy atom. The second-order valence-corrected chi connectivity index (χ2v) is 4.44. The van der Waals surface area contributed by atoms with E-state index in [0.29, 0.717) is 6.42 Å². The minimum Gasteiger partial charge on any atom is -0.478 e. The van der Waals surface area contributed by atoms with Gasteiger partial charge in [-0.05, 0) is 29.5 Å². The van der Waals surface area contributed by atoms with E-state index < -0.39 is 17.9 Å².